The molecule has 0 N–H and O–H groups in total. The van der Waals surface area contributed by atoms with E-state index in [0.717, 1.165) is 33.9 Å². The number of halogens is 1. The lowest BCUT2D eigenvalue weighted by Crippen LogP contribution is -2.47. The van der Waals surface area contributed by atoms with Crippen molar-refractivity contribution in [1.29, 1.82) is 0 Å². The van der Waals surface area contributed by atoms with E-state index in [9.17, 15) is 19.2 Å². The van der Waals surface area contributed by atoms with Crippen LogP contribution < -0.4 is 4.90 Å². The van der Waals surface area contributed by atoms with Crippen LogP contribution in [0, 0.1) is 11.8 Å². The lowest BCUT2D eigenvalue weighted by atomic mass is 9.68. The summed E-state index contributed by atoms with van der Waals surface area (Å²) in [4.78, 5) is 54.1. The molecular formula is C33H30FN2O4+. The maximum absolute atomic E-state index is 15.5. The fraction of sp³-hybridized carbons (Fsp3) is 0.303. The molecule has 0 saturated heterocycles. The van der Waals surface area contributed by atoms with Crippen LogP contribution in [0.1, 0.15) is 38.8 Å². The Hall–Kier alpha value is -4.26. The second-order valence-corrected chi connectivity index (χ2v) is 12.0. The van der Waals surface area contributed by atoms with E-state index in [-0.39, 0.29) is 5.57 Å². The summed E-state index contributed by atoms with van der Waals surface area (Å²) in [6.07, 6.45) is 3.11. The van der Waals surface area contributed by atoms with Crippen LogP contribution >= 0.6 is 0 Å². The van der Waals surface area contributed by atoms with Gasteiger partial charge in [-0.1, -0.05) is 50.2 Å². The Morgan fingerprint density at radius 1 is 0.850 bits per heavy atom. The normalized spacial score (nSPS) is 25.3. The maximum atomic E-state index is 15.5. The van der Waals surface area contributed by atoms with Gasteiger partial charge in [0.1, 0.15) is 24.7 Å². The Morgan fingerprint density at radius 2 is 1.43 bits per heavy atom. The number of Topliss-reactive ketones (excluding diaryl/α,β-unsaturated/α-hetero) is 4. The van der Waals surface area contributed by atoms with Gasteiger partial charge in [0, 0.05) is 41.6 Å². The standard InChI is InChI=1S/C33H30FN2O4/c1-32(2)19-11-7-9-13-21(19)35(5)23(32)15-17-28(37)25(29(17)38)27(34)26-30(39)18(31(26)40)16-24-33(3,4)20-12-8-10-14-22(20)36(24)6/h7-17,26H,1-6H3/q+1/b18-16?,23-15-,27-25?. The highest BCUT2D eigenvalue weighted by Crippen LogP contribution is 2.48. The first-order valence-electron chi connectivity index (χ1n) is 13.3. The Kier molecular flexibility index (Phi) is 5.44. The molecule has 0 amide bonds. The second kappa shape index (κ2) is 8.37. The molecule has 0 radical (unpaired) electrons. The summed E-state index contributed by atoms with van der Waals surface area (Å²) in [5.41, 5.74) is 3.85. The summed E-state index contributed by atoms with van der Waals surface area (Å²) < 4.78 is 17.4. The quantitative estimate of drug-likeness (QED) is 0.246. The largest absolute Gasteiger partial charge is 0.347 e. The fourth-order valence-corrected chi connectivity index (χ4v) is 6.71. The predicted molar refractivity (Wildman–Crippen MR) is 149 cm³/mol. The number of ketones is 4. The molecule has 0 unspecified atom stereocenters. The van der Waals surface area contributed by atoms with Crippen LogP contribution in [-0.2, 0) is 30.0 Å². The lowest BCUT2D eigenvalue weighted by molar-refractivity contribution is -0.401. The first-order chi connectivity index (χ1) is 18.8. The summed E-state index contributed by atoms with van der Waals surface area (Å²) >= 11 is 0. The molecule has 0 spiro atoms. The Morgan fingerprint density at radius 3 is 2.02 bits per heavy atom. The maximum Gasteiger partial charge on any atom is 0.209 e. The third kappa shape index (κ3) is 3.23. The number of carbonyl (C=O) groups excluding carboxylic acids is 4. The third-order valence-electron chi connectivity index (χ3n) is 9.09. The molecule has 2 aliphatic heterocycles. The third-order valence-corrected chi connectivity index (χ3v) is 9.09. The highest BCUT2D eigenvalue weighted by molar-refractivity contribution is 6.44. The van der Waals surface area contributed by atoms with Crippen molar-refractivity contribution in [3.63, 3.8) is 0 Å². The minimum Gasteiger partial charge on any atom is -0.347 e. The molecule has 6 rings (SSSR count). The van der Waals surface area contributed by atoms with Crippen LogP contribution in [0.5, 0.6) is 0 Å². The molecule has 202 valence electrons. The second-order valence-electron chi connectivity index (χ2n) is 12.0. The monoisotopic (exact) mass is 537 g/mol. The average molecular weight is 538 g/mol. The molecule has 2 saturated carbocycles. The predicted octanol–water partition coefficient (Wildman–Crippen LogP) is 4.69. The number of anilines is 1. The van der Waals surface area contributed by atoms with Gasteiger partial charge in [0.15, 0.2) is 28.8 Å². The van der Waals surface area contributed by atoms with E-state index < -0.39 is 57.2 Å². The molecule has 0 atom stereocenters. The number of carbonyl (C=O) groups is 4. The van der Waals surface area contributed by atoms with E-state index in [1.165, 1.54) is 6.08 Å². The molecule has 2 heterocycles. The van der Waals surface area contributed by atoms with Crippen LogP contribution in [0.15, 0.2) is 83.4 Å². The van der Waals surface area contributed by atoms with Crippen molar-refractivity contribution in [2.24, 2.45) is 11.8 Å². The number of para-hydroxylation sites is 2. The average Bonchev–Trinajstić information content (AvgIpc) is 3.23. The molecular weight excluding hydrogens is 507 g/mol. The first kappa shape index (κ1) is 26.0. The summed E-state index contributed by atoms with van der Waals surface area (Å²) in [6.45, 7) is 8.01. The fourth-order valence-electron chi connectivity index (χ4n) is 6.71. The minimum atomic E-state index is -1.74. The molecule has 7 heteroatoms. The van der Waals surface area contributed by atoms with Gasteiger partial charge in [-0.3, -0.25) is 19.2 Å². The van der Waals surface area contributed by atoms with Crippen molar-refractivity contribution >= 4 is 40.2 Å². The van der Waals surface area contributed by atoms with Crippen molar-refractivity contribution in [2.45, 2.75) is 38.5 Å². The van der Waals surface area contributed by atoms with Crippen molar-refractivity contribution in [1.82, 2.24) is 0 Å². The van der Waals surface area contributed by atoms with Gasteiger partial charge >= 0.3 is 0 Å². The van der Waals surface area contributed by atoms with E-state index in [1.807, 2.05) is 99.8 Å². The number of likely N-dealkylation sites (N-methyl/N-ethyl adjacent to an activating group) is 1. The van der Waals surface area contributed by atoms with Crippen molar-refractivity contribution in [2.75, 3.05) is 19.0 Å². The van der Waals surface area contributed by atoms with E-state index in [0.29, 0.717) is 0 Å². The van der Waals surface area contributed by atoms with Gasteiger partial charge in [-0.05, 0) is 31.6 Å². The van der Waals surface area contributed by atoms with Crippen molar-refractivity contribution < 1.29 is 28.1 Å². The first-order valence-corrected chi connectivity index (χ1v) is 13.3. The van der Waals surface area contributed by atoms with Crippen LogP contribution in [0.3, 0.4) is 0 Å². The number of benzene rings is 2. The zero-order chi connectivity index (χ0) is 28.9. The number of hydrogen-bond acceptors (Lipinski definition) is 5. The summed E-state index contributed by atoms with van der Waals surface area (Å²) in [5.74, 6) is -6.94. The van der Waals surface area contributed by atoms with E-state index in [4.69, 9.17) is 0 Å². The molecule has 2 aromatic rings. The van der Waals surface area contributed by atoms with Crippen molar-refractivity contribution in [3.8, 4) is 0 Å². The number of nitrogens with zero attached hydrogens (tertiary/aromatic N) is 2. The summed E-state index contributed by atoms with van der Waals surface area (Å²) in [5, 5.41) is 0. The van der Waals surface area contributed by atoms with Gasteiger partial charge in [0.2, 0.25) is 5.69 Å². The number of rotatable bonds is 3. The zero-order valence-corrected chi connectivity index (χ0v) is 23.3. The molecule has 0 aromatic heterocycles. The molecule has 4 aliphatic rings. The van der Waals surface area contributed by atoms with Gasteiger partial charge in [0.25, 0.3) is 0 Å². The number of hydrogen-bond donors (Lipinski definition) is 0. The van der Waals surface area contributed by atoms with E-state index in [1.54, 1.807) is 6.08 Å². The summed E-state index contributed by atoms with van der Waals surface area (Å²) in [6, 6.07) is 15.6. The van der Waals surface area contributed by atoms with Gasteiger partial charge in [-0.2, -0.15) is 4.58 Å². The van der Waals surface area contributed by atoms with Crippen molar-refractivity contribution in [3.05, 3.63) is 94.5 Å². The summed E-state index contributed by atoms with van der Waals surface area (Å²) in [7, 11) is 3.72. The van der Waals surface area contributed by atoms with Crippen LogP contribution in [0.4, 0.5) is 15.8 Å². The van der Waals surface area contributed by atoms with E-state index >= 15 is 4.39 Å². The number of fused-ring (bicyclic) bond motifs is 2. The smallest absolute Gasteiger partial charge is 0.209 e. The molecule has 6 nitrogen and oxygen atoms in total. The molecule has 2 aromatic carbocycles. The van der Waals surface area contributed by atoms with Crippen LogP contribution in [-0.4, -0.2) is 47.5 Å². The Balaban J connectivity index is 1.26. The number of allylic oxidation sites excluding steroid dienone is 6. The van der Waals surface area contributed by atoms with Gasteiger partial charge in [-0.25, -0.2) is 4.39 Å². The Bertz CT molecular complexity index is 1680. The van der Waals surface area contributed by atoms with Gasteiger partial charge in [0.05, 0.1) is 16.6 Å². The van der Waals surface area contributed by atoms with Gasteiger partial charge < -0.3 is 4.90 Å². The molecule has 2 aliphatic carbocycles. The zero-order valence-electron chi connectivity index (χ0n) is 23.3. The highest BCUT2D eigenvalue weighted by atomic mass is 19.1. The minimum absolute atomic E-state index is 0.117. The molecule has 0 bridgehead atoms. The lowest BCUT2D eigenvalue weighted by Gasteiger charge is -2.32. The molecule has 40 heavy (non-hydrogen) atoms. The van der Waals surface area contributed by atoms with Crippen LogP contribution in [0.25, 0.3) is 0 Å². The topological polar surface area (TPSA) is 74.5 Å². The highest BCUT2D eigenvalue weighted by Gasteiger charge is 2.55. The van der Waals surface area contributed by atoms with Gasteiger partial charge in [-0.15, -0.1) is 0 Å². The van der Waals surface area contributed by atoms with E-state index in [2.05, 4.69) is 0 Å². The Labute approximate surface area is 232 Å². The SMILES string of the molecule is CN1/C(=C\C2C(=O)C(=C(F)C3C(=O)C(=CC4=[N+](C)c5ccccc5C4(C)C)C3=O)C2=O)C(C)(C)c2ccccc21. The van der Waals surface area contributed by atoms with Crippen LogP contribution in [0.2, 0.25) is 0 Å². The molecule has 2 fully saturated rings.